The molecule has 4 aromatic rings. The number of benzene rings is 2. The summed E-state index contributed by atoms with van der Waals surface area (Å²) in [6, 6.07) is 14.8. The monoisotopic (exact) mass is 410 g/mol. The van der Waals surface area contributed by atoms with Crippen LogP contribution in [-0.4, -0.2) is 9.97 Å². The van der Waals surface area contributed by atoms with Gasteiger partial charge in [0.2, 0.25) is 6.29 Å². The second-order valence-electron chi connectivity index (χ2n) is 6.33. The Hall–Kier alpha value is -2.48. The van der Waals surface area contributed by atoms with Crippen LogP contribution in [0.15, 0.2) is 65.3 Å². The van der Waals surface area contributed by atoms with Crippen LogP contribution in [0, 0.1) is 5.82 Å². The number of thiophene rings is 1. The second-order valence-corrected chi connectivity index (χ2v) is 8.19. The number of aromatic nitrogens is 2. The number of rotatable bonds is 4. The molecule has 0 saturated heterocycles. The van der Waals surface area contributed by atoms with E-state index in [4.69, 9.17) is 9.47 Å². The Balaban J connectivity index is 1.44. The lowest BCUT2D eigenvalue weighted by molar-refractivity contribution is -0.112. The van der Waals surface area contributed by atoms with Crippen molar-refractivity contribution in [1.82, 2.24) is 9.97 Å². The summed E-state index contributed by atoms with van der Waals surface area (Å²) in [5.74, 6) is 0.955. The third-order valence-corrected chi connectivity index (χ3v) is 6.36. The van der Waals surface area contributed by atoms with Crippen molar-refractivity contribution in [3.63, 3.8) is 0 Å². The average Bonchev–Trinajstić information content (AvgIpc) is 3.22. The minimum absolute atomic E-state index is 0.289. The molecule has 0 fully saturated rings. The number of hydrogen-bond acceptors (Lipinski definition) is 6. The van der Waals surface area contributed by atoms with E-state index >= 15 is 0 Å². The molecule has 0 aliphatic carbocycles. The lowest BCUT2D eigenvalue weighted by Crippen LogP contribution is -2.19. The minimum atomic E-state index is -0.495. The first-order valence-electron chi connectivity index (χ1n) is 8.73. The van der Waals surface area contributed by atoms with Crippen LogP contribution in [-0.2, 0) is 17.1 Å². The maximum absolute atomic E-state index is 14.2. The first kappa shape index (κ1) is 17.6. The molecule has 2 aromatic carbocycles. The van der Waals surface area contributed by atoms with Gasteiger partial charge in [0.15, 0.2) is 0 Å². The molecule has 3 heterocycles. The van der Waals surface area contributed by atoms with Gasteiger partial charge in [-0.2, -0.15) is 0 Å². The number of ether oxygens (including phenoxy) is 2. The highest BCUT2D eigenvalue weighted by Crippen LogP contribution is 2.39. The Morgan fingerprint density at radius 2 is 2.04 bits per heavy atom. The number of hydrogen-bond donors (Lipinski definition) is 0. The predicted octanol–water partition coefficient (Wildman–Crippen LogP) is 5.73. The molecule has 4 nitrogen and oxygen atoms in total. The van der Waals surface area contributed by atoms with E-state index in [0.717, 1.165) is 31.9 Å². The highest BCUT2D eigenvalue weighted by atomic mass is 32.2. The zero-order valence-corrected chi connectivity index (χ0v) is 16.3. The summed E-state index contributed by atoms with van der Waals surface area (Å²) in [5.41, 5.74) is 2.46. The van der Waals surface area contributed by atoms with Gasteiger partial charge < -0.3 is 9.47 Å². The van der Waals surface area contributed by atoms with E-state index in [1.165, 1.54) is 12.1 Å². The van der Waals surface area contributed by atoms with Gasteiger partial charge in [-0.05, 0) is 23.6 Å². The molecule has 1 atom stereocenters. The van der Waals surface area contributed by atoms with Crippen molar-refractivity contribution in [3.05, 3.63) is 82.7 Å². The minimum Gasteiger partial charge on any atom is -0.460 e. The fourth-order valence-electron chi connectivity index (χ4n) is 3.19. The standard InChI is InChI=1S/C21H15FN2O2S2/c22-16-8-14-10-25-21(13-4-2-1-3-5-13)26-18(14)15(9-16)11-28-20-17-6-7-27-19(17)23-12-24-20/h1-9,12,21H,10-11H2/t21-/m0/s1. The first-order chi connectivity index (χ1) is 13.8. The zero-order valence-electron chi connectivity index (χ0n) is 14.7. The molecule has 0 saturated carbocycles. The van der Waals surface area contributed by atoms with Crippen LogP contribution in [0.2, 0.25) is 0 Å². The van der Waals surface area contributed by atoms with Crippen molar-refractivity contribution < 1.29 is 13.9 Å². The van der Waals surface area contributed by atoms with Gasteiger partial charge >= 0.3 is 0 Å². The summed E-state index contributed by atoms with van der Waals surface area (Å²) >= 11 is 3.13. The highest BCUT2D eigenvalue weighted by molar-refractivity contribution is 7.98. The number of fused-ring (bicyclic) bond motifs is 2. The van der Waals surface area contributed by atoms with Crippen molar-refractivity contribution >= 4 is 33.3 Å². The molecule has 1 aliphatic rings. The van der Waals surface area contributed by atoms with E-state index in [-0.39, 0.29) is 5.82 Å². The Morgan fingerprint density at radius 1 is 1.14 bits per heavy atom. The normalized spacial score (nSPS) is 16.0. The van der Waals surface area contributed by atoms with E-state index in [1.807, 2.05) is 41.8 Å². The van der Waals surface area contributed by atoms with Crippen molar-refractivity contribution in [3.8, 4) is 5.75 Å². The fourth-order valence-corrected chi connectivity index (χ4v) is 4.93. The number of nitrogens with zero attached hydrogens (tertiary/aromatic N) is 2. The van der Waals surface area contributed by atoms with Gasteiger partial charge in [0.25, 0.3) is 0 Å². The van der Waals surface area contributed by atoms with E-state index in [0.29, 0.717) is 18.1 Å². The van der Waals surface area contributed by atoms with Gasteiger partial charge in [0, 0.05) is 27.8 Å². The summed E-state index contributed by atoms with van der Waals surface area (Å²) in [6.07, 6.45) is 1.07. The lowest BCUT2D eigenvalue weighted by Gasteiger charge is -2.28. The van der Waals surface area contributed by atoms with Crippen molar-refractivity contribution in [2.75, 3.05) is 0 Å². The summed E-state index contributed by atoms with van der Waals surface area (Å²) in [7, 11) is 0. The maximum atomic E-state index is 14.2. The van der Waals surface area contributed by atoms with Crippen molar-refractivity contribution in [2.45, 2.75) is 23.7 Å². The van der Waals surface area contributed by atoms with E-state index < -0.39 is 6.29 Å². The molecule has 0 bridgehead atoms. The summed E-state index contributed by atoms with van der Waals surface area (Å²) in [6.45, 7) is 0.312. The van der Waals surface area contributed by atoms with Gasteiger partial charge in [-0.3, -0.25) is 0 Å². The molecule has 7 heteroatoms. The Morgan fingerprint density at radius 3 is 2.93 bits per heavy atom. The number of thioether (sulfide) groups is 1. The molecular formula is C21H15FN2O2S2. The second kappa shape index (κ2) is 7.50. The van der Waals surface area contributed by atoms with Gasteiger partial charge in [-0.25, -0.2) is 14.4 Å². The van der Waals surface area contributed by atoms with E-state index in [1.54, 1.807) is 29.4 Å². The van der Waals surface area contributed by atoms with Crippen LogP contribution >= 0.6 is 23.1 Å². The average molecular weight is 410 g/mol. The Bertz CT molecular complexity index is 1130. The molecule has 0 amide bonds. The third-order valence-electron chi connectivity index (χ3n) is 4.48. The van der Waals surface area contributed by atoms with E-state index in [2.05, 4.69) is 9.97 Å². The van der Waals surface area contributed by atoms with E-state index in [9.17, 15) is 4.39 Å². The Kier molecular flexibility index (Phi) is 4.72. The molecule has 1 aliphatic heterocycles. The van der Waals surface area contributed by atoms with Crippen molar-refractivity contribution in [1.29, 1.82) is 0 Å². The molecule has 5 rings (SSSR count). The molecule has 0 spiro atoms. The predicted molar refractivity (Wildman–Crippen MR) is 108 cm³/mol. The SMILES string of the molecule is Fc1cc2c(c(CSc3ncnc4sccc34)c1)O[C@@H](c1ccccc1)OC2. The van der Waals surface area contributed by atoms with Crippen LogP contribution in [0.4, 0.5) is 4.39 Å². The van der Waals surface area contributed by atoms with Crippen LogP contribution < -0.4 is 4.74 Å². The van der Waals surface area contributed by atoms with Gasteiger partial charge in [0.05, 0.1) is 6.61 Å². The fraction of sp³-hybridized carbons (Fsp3) is 0.143. The molecule has 2 aromatic heterocycles. The molecule has 0 radical (unpaired) electrons. The lowest BCUT2D eigenvalue weighted by atomic mass is 10.1. The summed E-state index contributed by atoms with van der Waals surface area (Å²) in [5, 5.41) is 3.91. The van der Waals surface area contributed by atoms with Crippen LogP contribution in [0.1, 0.15) is 23.0 Å². The quantitative estimate of drug-likeness (QED) is 0.317. The van der Waals surface area contributed by atoms with Gasteiger partial charge in [-0.1, -0.05) is 30.3 Å². The first-order valence-corrected chi connectivity index (χ1v) is 10.6. The largest absolute Gasteiger partial charge is 0.460 e. The third kappa shape index (κ3) is 3.37. The number of halogens is 1. The van der Waals surface area contributed by atoms with Crippen LogP contribution in [0.25, 0.3) is 10.2 Å². The molecule has 140 valence electrons. The van der Waals surface area contributed by atoms with Crippen LogP contribution in [0.5, 0.6) is 5.75 Å². The summed E-state index contributed by atoms with van der Waals surface area (Å²) in [4.78, 5) is 9.62. The molecule has 28 heavy (non-hydrogen) atoms. The van der Waals surface area contributed by atoms with Crippen molar-refractivity contribution in [2.24, 2.45) is 0 Å². The molecule has 0 unspecified atom stereocenters. The Labute approximate surface area is 169 Å². The van der Waals surface area contributed by atoms with Gasteiger partial charge in [-0.15, -0.1) is 23.1 Å². The topological polar surface area (TPSA) is 44.2 Å². The van der Waals surface area contributed by atoms with Crippen LogP contribution in [0.3, 0.4) is 0 Å². The molecular weight excluding hydrogens is 395 g/mol. The maximum Gasteiger partial charge on any atom is 0.227 e. The van der Waals surface area contributed by atoms with Gasteiger partial charge in [0.1, 0.15) is 27.8 Å². The zero-order chi connectivity index (χ0) is 18.9. The smallest absolute Gasteiger partial charge is 0.227 e. The summed E-state index contributed by atoms with van der Waals surface area (Å²) < 4.78 is 26.1. The molecule has 0 N–H and O–H groups in total. The highest BCUT2D eigenvalue weighted by Gasteiger charge is 2.25.